The number of carbonyl (C=O) groups is 2. The number of carbonyl (C=O) groups excluding carboxylic acids is 2. The molecule has 10 nitrogen and oxygen atoms in total. The van der Waals surface area contributed by atoms with Crippen LogP contribution < -0.4 is 15.5 Å². The van der Waals surface area contributed by atoms with E-state index in [0.717, 1.165) is 5.56 Å². The molecule has 3 aromatic rings. The van der Waals surface area contributed by atoms with E-state index in [9.17, 15) is 14.9 Å². The first-order chi connectivity index (χ1) is 17.9. The Balaban J connectivity index is 1.65. The smallest absolute Gasteiger partial charge is 0.277 e. The molecule has 2 aromatic heterocycles. The molecule has 0 aliphatic carbocycles. The Morgan fingerprint density at radius 3 is 2.11 bits per heavy atom. The Hall–Kier alpha value is -4.14. The van der Waals surface area contributed by atoms with Crippen molar-refractivity contribution in [2.75, 3.05) is 28.7 Å². The third-order valence-electron chi connectivity index (χ3n) is 6.42. The summed E-state index contributed by atoms with van der Waals surface area (Å²) in [5.74, 6) is -0.850. The van der Waals surface area contributed by atoms with Crippen LogP contribution in [-0.4, -0.2) is 48.2 Å². The summed E-state index contributed by atoms with van der Waals surface area (Å²) in [6.07, 6.45) is 6.49. The van der Waals surface area contributed by atoms with Crippen molar-refractivity contribution in [1.82, 2.24) is 15.0 Å². The summed E-state index contributed by atoms with van der Waals surface area (Å²) in [5, 5.41) is 15.1. The van der Waals surface area contributed by atoms with Crippen molar-refractivity contribution < 1.29 is 14.0 Å². The van der Waals surface area contributed by atoms with Gasteiger partial charge < -0.3 is 15.1 Å². The Labute approximate surface area is 224 Å². The zero-order chi connectivity index (χ0) is 27.9. The van der Waals surface area contributed by atoms with E-state index in [-0.39, 0.29) is 16.4 Å². The minimum absolute atomic E-state index is 0.0888. The number of benzene rings is 1. The van der Waals surface area contributed by atoms with Crippen LogP contribution in [0.25, 0.3) is 0 Å². The highest BCUT2D eigenvalue weighted by molar-refractivity contribution is 6.74. The van der Waals surface area contributed by atoms with Gasteiger partial charge in [0.15, 0.2) is 25.9 Å². The summed E-state index contributed by atoms with van der Waals surface area (Å²) in [7, 11) is -1.91. The highest BCUT2D eigenvalue weighted by atomic mass is 28.4. The van der Waals surface area contributed by atoms with Crippen LogP contribution in [0.15, 0.2) is 55.0 Å². The van der Waals surface area contributed by atoms with Gasteiger partial charge in [-0.25, -0.2) is 15.0 Å². The average molecular weight is 532 g/mol. The zero-order valence-corrected chi connectivity index (χ0v) is 23.6. The van der Waals surface area contributed by atoms with Crippen molar-refractivity contribution in [3.8, 4) is 6.19 Å². The molecule has 0 radical (unpaired) electrons. The number of anilines is 3. The van der Waals surface area contributed by atoms with Crippen LogP contribution in [0, 0.1) is 18.4 Å². The lowest BCUT2D eigenvalue weighted by Crippen LogP contribution is -2.42. The molecular weight excluding hydrogens is 498 g/mol. The van der Waals surface area contributed by atoms with Crippen LogP contribution >= 0.6 is 0 Å². The fourth-order valence-corrected chi connectivity index (χ4v) is 4.18. The molecule has 0 aliphatic rings. The Bertz CT molecular complexity index is 1310. The molecule has 0 fully saturated rings. The minimum atomic E-state index is -1.91. The standard InChI is InChI=1S/C27H33N7O3Si/c1-19-7-12-22(31-17-19)33-26(36)24-23(29-13-14-30-24)25(35)32-20-8-10-21(11-9-20)34(18-28)15-16-37-38(5,6)27(2,3)4/h7-14,17H,15-16H2,1-6H3,(H,32,35)(H,31,33,36). The molecule has 0 bridgehead atoms. The van der Waals surface area contributed by atoms with E-state index < -0.39 is 20.1 Å². The van der Waals surface area contributed by atoms with Gasteiger partial charge in [-0.1, -0.05) is 26.8 Å². The number of hydrogen-bond acceptors (Lipinski definition) is 8. The molecule has 2 amide bonds. The van der Waals surface area contributed by atoms with E-state index in [1.54, 1.807) is 41.4 Å². The van der Waals surface area contributed by atoms with Gasteiger partial charge in [0.1, 0.15) is 5.82 Å². The molecule has 198 valence electrons. The highest BCUT2D eigenvalue weighted by Gasteiger charge is 2.37. The monoisotopic (exact) mass is 531 g/mol. The van der Waals surface area contributed by atoms with Crippen LogP contribution in [0.4, 0.5) is 17.2 Å². The normalized spacial score (nSPS) is 11.4. The second-order valence-corrected chi connectivity index (χ2v) is 15.1. The number of hydrogen-bond donors (Lipinski definition) is 2. The van der Waals surface area contributed by atoms with Gasteiger partial charge in [-0.3, -0.25) is 14.5 Å². The fourth-order valence-electron chi connectivity index (χ4n) is 3.15. The molecule has 0 spiro atoms. The molecule has 2 heterocycles. The predicted octanol–water partition coefficient (Wildman–Crippen LogP) is 4.99. The second kappa shape index (κ2) is 11.9. The highest BCUT2D eigenvalue weighted by Crippen LogP contribution is 2.36. The number of pyridine rings is 1. The number of nitrogens with zero attached hydrogens (tertiary/aromatic N) is 5. The average Bonchev–Trinajstić information content (AvgIpc) is 2.88. The van der Waals surface area contributed by atoms with E-state index in [1.807, 2.05) is 13.0 Å². The molecule has 0 aliphatic heterocycles. The minimum Gasteiger partial charge on any atom is -0.415 e. The van der Waals surface area contributed by atoms with Gasteiger partial charge in [-0.05, 0) is 61.0 Å². The lowest BCUT2D eigenvalue weighted by Gasteiger charge is -2.36. The largest absolute Gasteiger partial charge is 0.415 e. The zero-order valence-electron chi connectivity index (χ0n) is 22.6. The van der Waals surface area contributed by atoms with Crippen molar-refractivity contribution in [1.29, 1.82) is 5.26 Å². The van der Waals surface area contributed by atoms with Gasteiger partial charge in [0, 0.05) is 24.3 Å². The topological polar surface area (TPSA) is 133 Å². The summed E-state index contributed by atoms with van der Waals surface area (Å²) >= 11 is 0. The van der Waals surface area contributed by atoms with Crippen molar-refractivity contribution in [3.63, 3.8) is 0 Å². The fraction of sp³-hybridized carbons (Fsp3) is 0.333. The van der Waals surface area contributed by atoms with Crippen molar-refractivity contribution in [2.45, 2.75) is 45.8 Å². The number of aryl methyl sites for hydroxylation is 1. The van der Waals surface area contributed by atoms with Crippen molar-refractivity contribution in [3.05, 3.63) is 71.9 Å². The molecule has 0 saturated heterocycles. The lowest BCUT2D eigenvalue weighted by molar-refractivity contribution is 0.0982. The van der Waals surface area contributed by atoms with Gasteiger partial charge in [-0.15, -0.1) is 0 Å². The van der Waals surface area contributed by atoms with Crippen LogP contribution in [0.1, 0.15) is 47.3 Å². The second-order valence-electron chi connectivity index (χ2n) is 10.3. The maximum Gasteiger partial charge on any atom is 0.277 e. The third kappa shape index (κ3) is 7.21. The molecule has 0 saturated carbocycles. The molecule has 2 N–H and O–H groups in total. The van der Waals surface area contributed by atoms with Crippen molar-refractivity contribution >= 4 is 37.3 Å². The number of amides is 2. The molecular formula is C27H33N7O3Si. The van der Waals surface area contributed by atoms with E-state index in [1.165, 1.54) is 12.4 Å². The van der Waals surface area contributed by atoms with Crippen LogP contribution in [0.2, 0.25) is 18.1 Å². The summed E-state index contributed by atoms with van der Waals surface area (Å²) in [4.78, 5) is 39.5. The maximum absolute atomic E-state index is 12.9. The number of aromatic nitrogens is 3. The van der Waals surface area contributed by atoms with Gasteiger partial charge in [0.2, 0.25) is 0 Å². The molecule has 38 heavy (non-hydrogen) atoms. The quantitative estimate of drug-likeness (QED) is 0.224. The number of nitrogens with one attached hydrogen (secondary N) is 2. The van der Waals surface area contributed by atoms with E-state index >= 15 is 0 Å². The first-order valence-electron chi connectivity index (χ1n) is 12.2. The first-order valence-corrected chi connectivity index (χ1v) is 15.1. The summed E-state index contributed by atoms with van der Waals surface area (Å²) in [6, 6.07) is 10.3. The van der Waals surface area contributed by atoms with Gasteiger partial charge in [0.05, 0.1) is 18.8 Å². The number of nitriles is 1. The summed E-state index contributed by atoms with van der Waals surface area (Å²) in [5.41, 5.74) is 1.86. The lowest BCUT2D eigenvalue weighted by atomic mass is 10.2. The Morgan fingerprint density at radius 1 is 0.974 bits per heavy atom. The molecule has 3 rings (SSSR count). The van der Waals surface area contributed by atoms with E-state index in [0.29, 0.717) is 30.3 Å². The van der Waals surface area contributed by atoms with Gasteiger partial charge >= 0.3 is 0 Å². The molecule has 0 atom stereocenters. The maximum atomic E-state index is 12.9. The van der Waals surface area contributed by atoms with Crippen LogP contribution in [0.5, 0.6) is 0 Å². The molecule has 11 heteroatoms. The summed E-state index contributed by atoms with van der Waals surface area (Å²) in [6.45, 7) is 13.6. The molecule has 0 unspecified atom stereocenters. The predicted molar refractivity (Wildman–Crippen MR) is 149 cm³/mol. The van der Waals surface area contributed by atoms with Crippen molar-refractivity contribution in [2.24, 2.45) is 0 Å². The van der Waals surface area contributed by atoms with E-state index in [4.69, 9.17) is 4.43 Å². The Kier molecular flexibility index (Phi) is 8.93. The molecule has 1 aromatic carbocycles. The first kappa shape index (κ1) is 28.4. The SMILES string of the molecule is Cc1ccc(NC(=O)c2nccnc2C(=O)Nc2ccc(N(C#N)CCO[Si](C)(C)C(C)(C)C)cc2)nc1. The van der Waals surface area contributed by atoms with Gasteiger partial charge in [-0.2, -0.15) is 5.26 Å². The third-order valence-corrected chi connectivity index (χ3v) is 11.0. The Morgan fingerprint density at radius 2 is 1.58 bits per heavy atom. The van der Waals surface area contributed by atoms with E-state index in [2.05, 4.69) is 65.6 Å². The van der Waals surface area contributed by atoms with Gasteiger partial charge in [0.25, 0.3) is 11.8 Å². The van der Waals surface area contributed by atoms with Crippen LogP contribution in [-0.2, 0) is 4.43 Å². The number of rotatable bonds is 9. The summed E-state index contributed by atoms with van der Waals surface area (Å²) < 4.78 is 6.19. The van der Waals surface area contributed by atoms with Crippen LogP contribution in [0.3, 0.4) is 0 Å².